The molecule has 20 heavy (non-hydrogen) atoms. The molecule has 1 N–H and O–H groups in total. The minimum absolute atomic E-state index is 0.0638. The van der Waals surface area contributed by atoms with Crippen LogP contribution in [0.15, 0.2) is 30.3 Å². The Morgan fingerprint density at radius 3 is 2.50 bits per heavy atom. The lowest BCUT2D eigenvalue weighted by Crippen LogP contribution is -2.42. The van der Waals surface area contributed by atoms with E-state index in [1.165, 1.54) is 7.11 Å². The lowest BCUT2D eigenvalue weighted by molar-refractivity contribution is -0.148. The van der Waals surface area contributed by atoms with Crippen LogP contribution < -0.4 is 5.32 Å². The Balaban J connectivity index is 1.76. The molecule has 5 heteroatoms. The van der Waals surface area contributed by atoms with Crippen LogP contribution in [0, 0.1) is 5.92 Å². The van der Waals surface area contributed by atoms with Crippen LogP contribution in [0.5, 0.6) is 0 Å². The number of nitrogens with one attached hydrogen (secondary N) is 1. The molecule has 1 aliphatic heterocycles. The molecule has 0 bridgehead atoms. The van der Waals surface area contributed by atoms with E-state index in [2.05, 4.69) is 5.32 Å². The number of hydrogen-bond acceptors (Lipinski definition) is 4. The second-order valence-corrected chi connectivity index (χ2v) is 4.90. The molecule has 0 saturated carbocycles. The predicted octanol–water partition coefficient (Wildman–Crippen LogP) is 1.51. The summed E-state index contributed by atoms with van der Waals surface area (Å²) in [5, 5.41) is 3.10. The first kappa shape index (κ1) is 14.4. The fraction of sp³-hybridized carbons (Fsp3) is 0.467. The van der Waals surface area contributed by atoms with Crippen LogP contribution >= 0.6 is 0 Å². The predicted molar refractivity (Wildman–Crippen MR) is 76.3 cm³/mol. The van der Waals surface area contributed by atoms with Crippen molar-refractivity contribution in [3.8, 4) is 0 Å². The molecule has 0 aromatic heterocycles. The summed E-state index contributed by atoms with van der Waals surface area (Å²) in [6.45, 7) is 1.52. The number of nitrogens with zero attached hydrogens (tertiary/aromatic N) is 1. The summed E-state index contributed by atoms with van der Waals surface area (Å²) in [4.78, 5) is 25.3. The van der Waals surface area contributed by atoms with Gasteiger partial charge >= 0.3 is 5.97 Å². The minimum atomic E-state index is -0.167. The van der Waals surface area contributed by atoms with Gasteiger partial charge in [-0.15, -0.1) is 0 Å². The average molecular weight is 276 g/mol. The number of carbonyl (C=O) groups excluding carboxylic acids is 2. The molecule has 5 nitrogen and oxygen atoms in total. The van der Waals surface area contributed by atoms with E-state index < -0.39 is 0 Å². The van der Waals surface area contributed by atoms with E-state index in [1.807, 2.05) is 30.3 Å². The summed E-state index contributed by atoms with van der Waals surface area (Å²) in [5.41, 5.74) is 0.935. The first-order valence-corrected chi connectivity index (χ1v) is 6.85. The monoisotopic (exact) mass is 276 g/mol. The van der Waals surface area contributed by atoms with E-state index in [4.69, 9.17) is 4.74 Å². The van der Waals surface area contributed by atoms with Gasteiger partial charge in [-0.3, -0.25) is 9.59 Å². The lowest BCUT2D eigenvalue weighted by Gasteiger charge is -2.30. The molecule has 1 fully saturated rings. The van der Waals surface area contributed by atoms with Crippen molar-refractivity contribution < 1.29 is 14.3 Å². The molecule has 2 rings (SSSR count). The maximum atomic E-state index is 12.1. The average Bonchev–Trinajstić information content (AvgIpc) is 2.53. The molecule has 1 aliphatic rings. The fourth-order valence-corrected chi connectivity index (χ4v) is 2.38. The van der Waals surface area contributed by atoms with Crippen LogP contribution in [-0.4, -0.2) is 43.5 Å². The van der Waals surface area contributed by atoms with E-state index >= 15 is 0 Å². The molecule has 1 saturated heterocycles. The van der Waals surface area contributed by atoms with Crippen molar-refractivity contribution in [2.24, 2.45) is 5.92 Å². The normalized spacial score (nSPS) is 15.8. The highest BCUT2D eigenvalue weighted by molar-refractivity contribution is 5.81. The van der Waals surface area contributed by atoms with Gasteiger partial charge in [0, 0.05) is 18.8 Å². The van der Waals surface area contributed by atoms with Gasteiger partial charge in [0.05, 0.1) is 19.6 Å². The van der Waals surface area contributed by atoms with Crippen molar-refractivity contribution in [3.63, 3.8) is 0 Å². The van der Waals surface area contributed by atoms with E-state index in [0.29, 0.717) is 25.9 Å². The Hall–Kier alpha value is -2.04. The second-order valence-electron chi connectivity index (χ2n) is 4.90. The van der Waals surface area contributed by atoms with Crippen LogP contribution in [-0.2, 0) is 14.3 Å². The quantitative estimate of drug-likeness (QED) is 0.847. The van der Waals surface area contributed by atoms with Gasteiger partial charge in [-0.25, -0.2) is 0 Å². The number of piperidine rings is 1. The Morgan fingerprint density at radius 2 is 1.90 bits per heavy atom. The number of benzene rings is 1. The zero-order chi connectivity index (χ0) is 14.4. The zero-order valence-electron chi connectivity index (χ0n) is 11.7. The lowest BCUT2D eigenvalue weighted by atomic mass is 9.97. The SMILES string of the molecule is COC(=O)C1CCN(C(=O)CNc2ccccc2)CC1. The maximum absolute atomic E-state index is 12.1. The number of hydrogen-bond donors (Lipinski definition) is 1. The first-order chi connectivity index (χ1) is 9.70. The summed E-state index contributed by atoms with van der Waals surface area (Å²) < 4.78 is 4.74. The van der Waals surface area contributed by atoms with Gasteiger partial charge in [0.15, 0.2) is 0 Å². The smallest absolute Gasteiger partial charge is 0.308 e. The highest BCUT2D eigenvalue weighted by Gasteiger charge is 2.27. The number of likely N-dealkylation sites (tertiary alicyclic amines) is 1. The summed E-state index contributed by atoms with van der Waals surface area (Å²) in [6, 6.07) is 9.64. The Morgan fingerprint density at radius 1 is 1.25 bits per heavy atom. The van der Waals surface area contributed by atoms with Crippen molar-refractivity contribution >= 4 is 17.6 Å². The standard InChI is InChI=1S/C15H20N2O3/c1-20-15(19)12-7-9-17(10-8-12)14(18)11-16-13-5-3-2-4-6-13/h2-6,12,16H,7-11H2,1H3. The molecule has 0 unspecified atom stereocenters. The Kier molecular flexibility index (Phi) is 4.98. The van der Waals surface area contributed by atoms with Gasteiger partial charge in [-0.1, -0.05) is 18.2 Å². The summed E-state index contributed by atoms with van der Waals surface area (Å²) >= 11 is 0. The molecular weight excluding hydrogens is 256 g/mol. The van der Waals surface area contributed by atoms with Crippen molar-refractivity contribution in [1.82, 2.24) is 4.90 Å². The molecule has 1 aromatic rings. The van der Waals surface area contributed by atoms with Crippen molar-refractivity contribution in [2.45, 2.75) is 12.8 Å². The molecule has 0 aliphatic carbocycles. The van der Waals surface area contributed by atoms with E-state index in [-0.39, 0.29) is 24.3 Å². The van der Waals surface area contributed by atoms with Gasteiger partial charge in [0.1, 0.15) is 0 Å². The molecule has 1 heterocycles. The number of esters is 1. The molecule has 1 aromatic carbocycles. The van der Waals surface area contributed by atoms with Gasteiger partial charge in [-0.05, 0) is 25.0 Å². The first-order valence-electron chi connectivity index (χ1n) is 6.85. The molecule has 1 amide bonds. The number of carbonyl (C=O) groups is 2. The summed E-state index contributed by atoms with van der Waals surface area (Å²) in [6.07, 6.45) is 1.37. The van der Waals surface area contributed by atoms with Crippen LogP contribution in [0.25, 0.3) is 0 Å². The number of amides is 1. The molecule has 0 atom stereocenters. The fourth-order valence-electron chi connectivity index (χ4n) is 2.38. The topological polar surface area (TPSA) is 58.6 Å². The van der Waals surface area contributed by atoms with E-state index in [0.717, 1.165) is 5.69 Å². The third-order valence-electron chi connectivity index (χ3n) is 3.60. The second kappa shape index (κ2) is 6.93. The highest BCUT2D eigenvalue weighted by atomic mass is 16.5. The minimum Gasteiger partial charge on any atom is -0.469 e. The third kappa shape index (κ3) is 3.73. The number of para-hydroxylation sites is 1. The van der Waals surface area contributed by atoms with Gasteiger partial charge in [0.2, 0.25) is 5.91 Å². The highest BCUT2D eigenvalue weighted by Crippen LogP contribution is 2.18. The van der Waals surface area contributed by atoms with Crippen molar-refractivity contribution in [1.29, 1.82) is 0 Å². The number of methoxy groups -OCH3 is 1. The zero-order valence-corrected chi connectivity index (χ0v) is 11.7. The molecular formula is C15H20N2O3. The molecule has 0 spiro atoms. The summed E-state index contributed by atoms with van der Waals surface area (Å²) in [5.74, 6) is -0.164. The van der Waals surface area contributed by atoms with Crippen LogP contribution in [0.4, 0.5) is 5.69 Å². The van der Waals surface area contributed by atoms with E-state index in [9.17, 15) is 9.59 Å². The van der Waals surface area contributed by atoms with Gasteiger partial charge in [-0.2, -0.15) is 0 Å². The largest absolute Gasteiger partial charge is 0.469 e. The Bertz CT molecular complexity index is 453. The number of ether oxygens (including phenoxy) is 1. The van der Waals surface area contributed by atoms with Crippen LogP contribution in [0.2, 0.25) is 0 Å². The van der Waals surface area contributed by atoms with Crippen LogP contribution in [0.3, 0.4) is 0 Å². The Labute approximate surface area is 118 Å². The van der Waals surface area contributed by atoms with Crippen LogP contribution in [0.1, 0.15) is 12.8 Å². The number of anilines is 1. The maximum Gasteiger partial charge on any atom is 0.308 e. The van der Waals surface area contributed by atoms with Gasteiger partial charge in [0.25, 0.3) is 0 Å². The summed E-state index contributed by atoms with van der Waals surface area (Å²) in [7, 11) is 1.41. The molecule has 0 radical (unpaired) electrons. The third-order valence-corrected chi connectivity index (χ3v) is 3.60. The van der Waals surface area contributed by atoms with Crippen molar-refractivity contribution in [3.05, 3.63) is 30.3 Å². The van der Waals surface area contributed by atoms with E-state index in [1.54, 1.807) is 4.90 Å². The number of rotatable bonds is 4. The van der Waals surface area contributed by atoms with Gasteiger partial charge < -0.3 is 15.0 Å². The molecule has 108 valence electrons. The van der Waals surface area contributed by atoms with Crippen molar-refractivity contribution in [2.75, 3.05) is 32.1 Å².